The molecule has 1 unspecified atom stereocenters. The van der Waals surface area contributed by atoms with Crippen molar-refractivity contribution in [2.75, 3.05) is 0 Å². The molecule has 0 radical (unpaired) electrons. The van der Waals surface area contributed by atoms with Crippen molar-refractivity contribution in [2.24, 2.45) is 5.92 Å². The van der Waals surface area contributed by atoms with Crippen LogP contribution in [0.3, 0.4) is 0 Å². The van der Waals surface area contributed by atoms with E-state index in [1.54, 1.807) is 30.5 Å². The predicted molar refractivity (Wildman–Crippen MR) is 129 cm³/mol. The minimum Gasteiger partial charge on any atom is -0.481 e. The maximum absolute atomic E-state index is 13.2. The summed E-state index contributed by atoms with van der Waals surface area (Å²) in [4.78, 5) is 24.7. The van der Waals surface area contributed by atoms with Crippen LogP contribution in [0.25, 0.3) is 27.9 Å². The van der Waals surface area contributed by atoms with E-state index in [0.29, 0.717) is 27.7 Å². The maximum atomic E-state index is 13.2. The van der Waals surface area contributed by atoms with E-state index in [9.17, 15) is 14.7 Å². The Morgan fingerprint density at radius 1 is 1.00 bits per heavy atom. The van der Waals surface area contributed by atoms with Crippen molar-refractivity contribution in [3.63, 3.8) is 0 Å². The van der Waals surface area contributed by atoms with Gasteiger partial charge in [-0.25, -0.2) is 9.48 Å². The molecular weight excluding hydrogens is 463 g/mol. The number of carboxylic acids is 1. The fourth-order valence-electron chi connectivity index (χ4n) is 3.94. The largest absolute Gasteiger partial charge is 0.481 e. The van der Waals surface area contributed by atoms with Crippen LogP contribution in [0.2, 0.25) is 10.0 Å². The van der Waals surface area contributed by atoms with Crippen LogP contribution >= 0.6 is 23.2 Å². The number of nitrogens with zero attached hydrogens (tertiary/aromatic N) is 4. The van der Waals surface area contributed by atoms with Crippen molar-refractivity contribution in [2.45, 2.75) is 32.7 Å². The first kappa shape index (κ1) is 23.0. The second-order valence-electron chi connectivity index (χ2n) is 8.29. The van der Waals surface area contributed by atoms with Gasteiger partial charge in [-0.15, -0.1) is 5.10 Å². The van der Waals surface area contributed by atoms with Crippen molar-refractivity contribution >= 4 is 34.8 Å². The molecule has 0 saturated carbocycles. The Hall–Kier alpha value is -3.16. The highest BCUT2D eigenvalue weighted by Gasteiger charge is 2.25. The molecule has 0 fully saturated rings. The zero-order valence-corrected chi connectivity index (χ0v) is 19.6. The van der Waals surface area contributed by atoms with Gasteiger partial charge >= 0.3 is 11.7 Å². The molecule has 0 amide bonds. The lowest BCUT2D eigenvalue weighted by atomic mass is 9.97. The number of halogens is 2. The van der Waals surface area contributed by atoms with Gasteiger partial charge in [-0.2, -0.15) is 9.61 Å². The van der Waals surface area contributed by atoms with Crippen LogP contribution < -0.4 is 5.69 Å². The average Bonchev–Trinajstić information content (AvgIpc) is 3.10. The van der Waals surface area contributed by atoms with Gasteiger partial charge in [0.2, 0.25) is 0 Å². The summed E-state index contributed by atoms with van der Waals surface area (Å²) < 4.78 is 2.47. The topological polar surface area (TPSA) is 89.5 Å². The molecule has 0 aliphatic rings. The zero-order valence-electron chi connectivity index (χ0n) is 18.1. The molecule has 9 heteroatoms. The van der Waals surface area contributed by atoms with E-state index in [4.69, 9.17) is 23.2 Å². The molecule has 33 heavy (non-hydrogen) atoms. The molecule has 1 atom stereocenters. The van der Waals surface area contributed by atoms with Crippen molar-refractivity contribution in [1.29, 1.82) is 0 Å². The molecule has 4 aromatic rings. The van der Waals surface area contributed by atoms with Gasteiger partial charge in [-0.1, -0.05) is 61.3 Å². The van der Waals surface area contributed by atoms with Gasteiger partial charge in [0.25, 0.3) is 0 Å². The minimum atomic E-state index is -0.989. The first-order chi connectivity index (χ1) is 15.7. The molecule has 1 N–H and O–H groups in total. The number of aliphatic carboxylic acids is 1. The van der Waals surface area contributed by atoms with Crippen molar-refractivity contribution in [3.05, 3.63) is 75.3 Å². The Morgan fingerprint density at radius 3 is 2.12 bits per heavy atom. The van der Waals surface area contributed by atoms with E-state index >= 15 is 0 Å². The molecular formula is C24H22Cl2N4O3. The molecule has 0 saturated heterocycles. The highest BCUT2D eigenvalue weighted by molar-refractivity contribution is 6.31. The van der Waals surface area contributed by atoms with Crippen LogP contribution in [0, 0.1) is 5.92 Å². The van der Waals surface area contributed by atoms with E-state index in [2.05, 4.69) is 10.2 Å². The molecule has 7 nitrogen and oxygen atoms in total. The predicted octanol–water partition coefficient (Wildman–Crippen LogP) is 5.59. The molecule has 2 heterocycles. The quantitative estimate of drug-likeness (QED) is 0.369. The van der Waals surface area contributed by atoms with Crippen molar-refractivity contribution in [1.82, 2.24) is 19.4 Å². The summed E-state index contributed by atoms with van der Waals surface area (Å²) in [5, 5.41) is 19.6. The lowest BCUT2D eigenvalue weighted by molar-refractivity contribution is -0.138. The molecule has 0 spiro atoms. The summed E-state index contributed by atoms with van der Waals surface area (Å²) >= 11 is 12.2. The van der Waals surface area contributed by atoms with Crippen LogP contribution in [-0.4, -0.2) is 30.5 Å². The molecule has 170 valence electrons. The number of carboxylic acid groups (broad SMARTS) is 1. The van der Waals surface area contributed by atoms with Gasteiger partial charge in [0, 0.05) is 21.2 Å². The summed E-state index contributed by atoms with van der Waals surface area (Å²) in [7, 11) is 0. The Bertz CT molecular complexity index is 1360. The number of hydrogen-bond acceptors (Lipinski definition) is 4. The number of benzene rings is 2. The molecule has 2 aromatic carbocycles. The smallest absolute Gasteiger partial charge is 0.367 e. The summed E-state index contributed by atoms with van der Waals surface area (Å²) in [6, 6.07) is 13.9. The summed E-state index contributed by atoms with van der Waals surface area (Å²) in [6.07, 6.45) is 1.90. The highest BCUT2D eigenvalue weighted by atomic mass is 35.5. The van der Waals surface area contributed by atoms with Crippen molar-refractivity contribution in [3.8, 4) is 22.3 Å². The van der Waals surface area contributed by atoms with Gasteiger partial charge in [0.15, 0.2) is 5.65 Å². The summed E-state index contributed by atoms with van der Waals surface area (Å²) in [6.45, 7) is 3.96. The van der Waals surface area contributed by atoms with Crippen LogP contribution in [0.4, 0.5) is 0 Å². The van der Waals surface area contributed by atoms with Crippen LogP contribution in [0.1, 0.15) is 32.7 Å². The Balaban J connectivity index is 2.00. The van der Waals surface area contributed by atoms with Gasteiger partial charge in [0.05, 0.1) is 18.7 Å². The standard InChI is InChI=1S/C24H22Cl2N4O3/c1-14(2)11-19(12-21(31)32)29-24(33)30-23(28-29)22(16-5-9-18(26)10-6-16)20(13-27-30)15-3-7-17(25)8-4-15/h3-10,13-14,19H,11-12H2,1-2H3,(H,31,32). The SMILES string of the molecule is CC(C)CC(CC(=O)O)n1nc2c(-c3ccc(Cl)cc3)c(-c3ccc(Cl)cc3)cnn2c1=O. The lowest BCUT2D eigenvalue weighted by Crippen LogP contribution is -2.28. The summed E-state index contributed by atoms with van der Waals surface area (Å²) in [5.74, 6) is -0.809. The van der Waals surface area contributed by atoms with E-state index in [-0.39, 0.29) is 12.3 Å². The summed E-state index contributed by atoms with van der Waals surface area (Å²) in [5.41, 5.74) is 2.97. The molecule has 0 aliphatic heterocycles. The van der Waals surface area contributed by atoms with Gasteiger partial charge < -0.3 is 5.11 Å². The first-order valence-electron chi connectivity index (χ1n) is 10.5. The lowest BCUT2D eigenvalue weighted by Gasteiger charge is -2.16. The number of rotatable bonds is 7. The van der Waals surface area contributed by atoms with Gasteiger partial charge in [0.1, 0.15) is 0 Å². The van der Waals surface area contributed by atoms with E-state index < -0.39 is 17.7 Å². The van der Waals surface area contributed by atoms with Gasteiger partial charge in [-0.3, -0.25) is 4.79 Å². The normalized spacial score (nSPS) is 12.4. The van der Waals surface area contributed by atoms with E-state index in [1.807, 2.05) is 38.1 Å². The Morgan fingerprint density at radius 2 is 1.58 bits per heavy atom. The molecule has 0 aliphatic carbocycles. The van der Waals surface area contributed by atoms with Crippen molar-refractivity contribution < 1.29 is 9.90 Å². The van der Waals surface area contributed by atoms with Gasteiger partial charge in [-0.05, 0) is 47.7 Å². The maximum Gasteiger partial charge on any atom is 0.367 e. The Kier molecular flexibility index (Phi) is 6.54. The number of carbonyl (C=O) groups is 1. The van der Waals surface area contributed by atoms with E-state index in [0.717, 1.165) is 16.7 Å². The molecule has 2 aromatic heterocycles. The highest BCUT2D eigenvalue weighted by Crippen LogP contribution is 2.35. The van der Waals surface area contributed by atoms with Crippen LogP contribution in [0.5, 0.6) is 0 Å². The molecule has 4 rings (SSSR count). The van der Waals surface area contributed by atoms with Crippen LogP contribution in [0.15, 0.2) is 59.5 Å². The number of hydrogen-bond donors (Lipinski definition) is 1. The van der Waals surface area contributed by atoms with E-state index in [1.165, 1.54) is 9.20 Å². The monoisotopic (exact) mass is 484 g/mol. The Labute approximate surface area is 200 Å². The molecule has 0 bridgehead atoms. The number of aromatic nitrogens is 4. The minimum absolute atomic E-state index is 0.180. The third kappa shape index (κ3) is 4.79. The third-order valence-electron chi connectivity index (χ3n) is 5.36. The number of fused-ring (bicyclic) bond motifs is 1. The fourth-order valence-corrected chi connectivity index (χ4v) is 4.19. The average molecular weight is 485 g/mol. The second-order valence-corrected chi connectivity index (χ2v) is 9.16. The van der Waals surface area contributed by atoms with Crippen LogP contribution in [-0.2, 0) is 4.79 Å². The second kappa shape index (κ2) is 9.37. The first-order valence-corrected chi connectivity index (χ1v) is 11.2. The fraction of sp³-hybridized carbons (Fsp3) is 0.250. The zero-order chi connectivity index (χ0) is 23.7. The third-order valence-corrected chi connectivity index (χ3v) is 5.87.